The highest BCUT2D eigenvalue weighted by Crippen LogP contribution is 2.19. The quantitative estimate of drug-likeness (QED) is 0.0725. The second-order valence-electron chi connectivity index (χ2n) is 31.0. The number of rotatable bonds is 19. The molecule has 0 unspecified atom stereocenters. The minimum absolute atomic E-state index is 0. The summed E-state index contributed by atoms with van der Waals surface area (Å²) in [6.07, 6.45) is 32.5. The van der Waals surface area contributed by atoms with E-state index in [0.717, 1.165) is 68.4 Å². The lowest BCUT2D eigenvalue weighted by Gasteiger charge is -2.06. The smallest absolute Gasteiger partial charge is 0.219 e. The maximum absolute atomic E-state index is 5.90. The van der Waals surface area contributed by atoms with E-state index < -0.39 is 0 Å². The molecule has 0 atom stereocenters. The minimum atomic E-state index is 0. The van der Waals surface area contributed by atoms with Crippen molar-refractivity contribution in [2.45, 2.75) is 429 Å². The Balaban J connectivity index is -0.000000106. The Hall–Kier alpha value is -9.78. The Labute approximate surface area is 823 Å². The molecule has 13 aromatic heterocycles. The van der Waals surface area contributed by atoms with Crippen LogP contribution in [0.2, 0.25) is 5.15 Å². The van der Waals surface area contributed by atoms with Crippen LogP contribution in [0.5, 0.6) is 0 Å². The predicted molar refractivity (Wildman–Crippen MR) is 566 cm³/mol. The molecular formula is C96H195ClN30O4S2. The highest BCUT2D eigenvalue weighted by atomic mass is 35.5. The van der Waals surface area contributed by atoms with Gasteiger partial charge in [0, 0.05) is 137 Å². The van der Waals surface area contributed by atoms with Crippen molar-refractivity contribution in [3.8, 4) is 0 Å². The van der Waals surface area contributed by atoms with Gasteiger partial charge in [0.05, 0.1) is 61.0 Å². The first-order valence-corrected chi connectivity index (χ1v) is 42.9. The topological polar surface area (TPSA) is 360 Å². The number of aryl methyl sites for hydroxylation is 7. The SMILES string of the molecule is C.C.C.C.C.C.C.C.C.C.C.C.C.CC(C)c1ncns1.CC(C)c1nnco1.CC(C)n1ccnc1.CC(C)n1cncn1.CCc1cn(C(C)C)cn1.CCc1ncn(C(C)C)n1.COCc1cn(C(C)C)cn1.COCc1ncn(C(C)C)n1.Cc1cn(C(C)C)cn1.Cc1ncn(C(C)C)c1Cl.Cc1ncn(C(C)C)n1.Cc1nnc(C(C)C)o1.Cc1nsc(C(C)C)n1. The molecule has 0 saturated carbocycles. The zero-order chi connectivity index (χ0) is 90.7. The van der Waals surface area contributed by atoms with Crippen molar-refractivity contribution in [2.24, 2.45) is 0 Å². The Morgan fingerprint density at radius 3 is 1.11 bits per heavy atom. The van der Waals surface area contributed by atoms with Gasteiger partial charge in [0.2, 0.25) is 24.1 Å². The van der Waals surface area contributed by atoms with Crippen molar-refractivity contribution in [1.29, 1.82) is 0 Å². The summed E-state index contributed by atoms with van der Waals surface area (Å²) < 4.78 is 45.4. The Bertz CT molecular complexity index is 4110. The normalized spacial score (nSPS) is 9.63. The van der Waals surface area contributed by atoms with Gasteiger partial charge in [0.15, 0.2) is 5.82 Å². The van der Waals surface area contributed by atoms with E-state index in [-0.39, 0.29) is 96.5 Å². The number of ether oxygens (including phenoxy) is 2. The fourth-order valence-corrected chi connectivity index (χ4v) is 9.80. The lowest BCUT2D eigenvalue weighted by atomic mass is 10.2. The van der Waals surface area contributed by atoms with Gasteiger partial charge in [-0.3, -0.25) is 18.7 Å². The van der Waals surface area contributed by atoms with Gasteiger partial charge < -0.3 is 41.1 Å². The van der Waals surface area contributed by atoms with Gasteiger partial charge in [-0.1, -0.05) is 177 Å². The molecule has 13 aromatic rings. The second-order valence-corrected chi connectivity index (χ2v) is 32.9. The van der Waals surface area contributed by atoms with E-state index in [4.69, 9.17) is 29.9 Å². The van der Waals surface area contributed by atoms with Gasteiger partial charge in [-0.25, -0.2) is 54.8 Å². The lowest BCUT2D eigenvalue weighted by Crippen LogP contribution is -2.01. The number of hydrogen-bond acceptors (Lipinski definition) is 27. The average molecular weight is 1930 g/mol. The largest absolute Gasteiger partial charge is 0.428 e. The van der Waals surface area contributed by atoms with Gasteiger partial charge >= 0.3 is 0 Å². The molecule has 0 spiro atoms. The molecule has 0 aliphatic heterocycles. The number of imidazole rings is 5. The van der Waals surface area contributed by atoms with Crippen LogP contribution in [0.1, 0.15) is 442 Å². The van der Waals surface area contributed by atoms with Crippen LogP contribution in [-0.4, -0.2) is 160 Å². The van der Waals surface area contributed by atoms with Gasteiger partial charge in [-0.2, -0.15) is 29.1 Å². The Morgan fingerprint density at radius 1 is 0.391 bits per heavy atom. The lowest BCUT2D eigenvalue weighted by molar-refractivity contribution is 0.177. The maximum atomic E-state index is 5.90. The molecule has 0 bridgehead atoms. The fourth-order valence-electron chi connectivity index (χ4n) is 8.36. The summed E-state index contributed by atoms with van der Waals surface area (Å²) in [6, 6.07) is 4.13. The first-order valence-electron chi connectivity index (χ1n) is 40.9. The summed E-state index contributed by atoms with van der Waals surface area (Å²) in [7, 11) is 3.31. The highest BCUT2D eigenvalue weighted by Gasteiger charge is 2.10. The average Bonchev–Trinajstić information content (AvgIpc) is 1.72. The van der Waals surface area contributed by atoms with Crippen LogP contribution in [-0.2, 0) is 35.5 Å². The van der Waals surface area contributed by atoms with Gasteiger partial charge in [-0.05, 0) is 182 Å². The van der Waals surface area contributed by atoms with Crippen LogP contribution < -0.4 is 0 Å². The van der Waals surface area contributed by atoms with E-state index in [1.54, 1.807) is 76.3 Å². The summed E-state index contributed by atoms with van der Waals surface area (Å²) in [6.45, 7) is 69.1. The molecular weight excluding hydrogens is 1740 g/mol. The zero-order valence-electron chi connectivity index (χ0n) is 78.4. The van der Waals surface area contributed by atoms with E-state index in [9.17, 15) is 0 Å². The summed E-state index contributed by atoms with van der Waals surface area (Å²) in [5.74, 6) is 7.18. The molecule has 0 aromatic carbocycles. The van der Waals surface area contributed by atoms with Gasteiger partial charge in [0.25, 0.3) is 0 Å². The molecule has 772 valence electrons. The standard InChI is InChI=1S/C8H14N2O.C8H14N2.C7H11ClN2.C7H13N3O.C7H13N3.C7H12N2.C6H11N3.C6H10N2O.C6H10N2S.C6H10N2.C5H9N3.C5H8N2O.C5H8N2S.13CH4/c1-7(2)10-4-8(5-11-3)9-6-10;1-4-8-5-10(6-9-8)7(2)3;1-5(2)10-4-9-6(3)7(10)8;1-6(2)10-5-8-7(9-10)4-11-3;1-4-7-8-5-10(9-7)6(2)3;1-6(2)9-4-7(3)8-5-9;1-5(2)9-4-7-6(3)8-9;1-4(2)6-8-7-5(3)9-6;1-4(2)6-7-5(3)8-9-6;1-6(2)8-4-3-7-5-8;1-5(2)8-4-6-3-7-8;1-4(2)5-7-6-3-8-5;1-4(2)5-6-3-7-8-5;;;;;;;;;;;;;/h4,6-7H,5H2,1-3H3;5-7H,4H2,1-3H3;4-5H,1-3H3;5-6H,4H2,1-3H3;5-6H,4H2,1-3H3;4-6H,1-3H3;4-5H,1-3H3;2*4H,1-3H3;3-6H,1-2H3;3-5H,1-2H3;2*3-4H,1-2H3;13*1H4. The molecule has 0 amide bonds. The first-order chi connectivity index (χ1) is 56.6. The number of aromatic nitrogens is 30. The molecule has 34 nitrogen and oxygen atoms in total. The van der Waals surface area contributed by atoms with Crippen LogP contribution in [0.3, 0.4) is 0 Å². The van der Waals surface area contributed by atoms with Crippen LogP contribution in [0.15, 0.2) is 116 Å². The van der Waals surface area contributed by atoms with E-state index in [2.05, 4.69) is 295 Å². The Kier molecular flexibility index (Phi) is 95.7. The van der Waals surface area contributed by atoms with E-state index in [1.165, 1.54) is 35.2 Å². The summed E-state index contributed by atoms with van der Waals surface area (Å²) in [5, 5.41) is 34.2. The van der Waals surface area contributed by atoms with E-state index in [0.29, 0.717) is 109 Å². The third-order valence-corrected chi connectivity index (χ3v) is 18.3. The first kappa shape index (κ1) is 152. The second kappa shape index (κ2) is 84.0. The van der Waals surface area contributed by atoms with Crippen LogP contribution >= 0.6 is 34.7 Å². The summed E-state index contributed by atoms with van der Waals surface area (Å²) in [5.41, 5.74) is 4.15. The monoisotopic (exact) mass is 1930 g/mol. The molecule has 13 rings (SSSR count). The number of nitrogens with zero attached hydrogens (tertiary/aromatic N) is 30. The highest BCUT2D eigenvalue weighted by molar-refractivity contribution is 7.05. The molecule has 0 N–H and O–H groups in total. The number of hydrogen-bond donors (Lipinski definition) is 0. The number of halogens is 1. The van der Waals surface area contributed by atoms with Crippen molar-refractivity contribution in [2.75, 3.05) is 14.2 Å². The molecule has 13 heterocycles. The molecule has 0 fully saturated rings. The number of methoxy groups -OCH3 is 2. The molecule has 133 heavy (non-hydrogen) atoms. The van der Waals surface area contributed by atoms with Crippen molar-refractivity contribution in [3.05, 3.63) is 186 Å². The minimum Gasteiger partial charge on any atom is -0.428 e. The van der Waals surface area contributed by atoms with Crippen LogP contribution in [0.25, 0.3) is 0 Å². The summed E-state index contributed by atoms with van der Waals surface area (Å²) >= 11 is 8.87. The summed E-state index contributed by atoms with van der Waals surface area (Å²) in [4.78, 5) is 44.6. The van der Waals surface area contributed by atoms with Crippen molar-refractivity contribution in [3.63, 3.8) is 0 Å². The van der Waals surface area contributed by atoms with E-state index in [1.807, 2.05) is 118 Å². The van der Waals surface area contributed by atoms with E-state index >= 15 is 0 Å². The molecule has 0 aliphatic carbocycles. The van der Waals surface area contributed by atoms with Crippen molar-refractivity contribution in [1.82, 2.24) is 146 Å². The van der Waals surface area contributed by atoms with Crippen LogP contribution in [0, 0.1) is 34.6 Å². The molecule has 0 radical (unpaired) electrons. The molecule has 0 aliphatic rings. The predicted octanol–water partition coefficient (Wildman–Crippen LogP) is 28.3. The third-order valence-electron chi connectivity index (χ3n) is 15.8. The zero-order valence-corrected chi connectivity index (χ0v) is 80.8. The Morgan fingerprint density at radius 2 is 0.865 bits per heavy atom. The molecule has 37 heteroatoms. The van der Waals surface area contributed by atoms with Gasteiger partial charge in [0.1, 0.15) is 77.2 Å². The van der Waals surface area contributed by atoms with Crippen molar-refractivity contribution < 1.29 is 18.3 Å². The molecule has 0 saturated heterocycles. The third kappa shape index (κ3) is 64.7. The van der Waals surface area contributed by atoms with Crippen LogP contribution in [0.4, 0.5) is 0 Å². The van der Waals surface area contributed by atoms with Gasteiger partial charge in [-0.15, -0.1) is 20.4 Å². The maximum Gasteiger partial charge on any atom is 0.219 e. The fraction of sp³-hybridized carbons (Fsp3) is 0.677. The van der Waals surface area contributed by atoms with Crippen molar-refractivity contribution >= 4 is 34.7 Å².